The zero-order chi connectivity index (χ0) is 37.1. The second kappa shape index (κ2) is 11.5. The first-order valence-electron chi connectivity index (χ1n) is 19.5. The molecule has 0 amide bonds. The molecule has 0 N–H and O–H groups in total. The Morgan fingerprint density at radius 1 is 0.291 bits per heavy atom. The summed E-state index contributed by atoms with van der Waals surface area (Å²) in [7, 11) is 0. The van der Waals surface area contributed by atoms with Gasteiger partial charge >= 0.3 is 0 Å². The van der Waals surface area contributed by atoms with Crippen LogP contribution in [0.4, 0.5) is 17.1 Å². The van der Waals surface area contributed by atoms with Gasteiger partial charge in [-0.25, -0.2) is 0 Å². The molecule has 3 aliphatic carbocycles. The molecule has 3 aliphatic rings. The van der Waals surface area contributed by atoms with Crippen molar-refractivity contribution in [2.75, 3.05) is 4.90 Å². The zero-order valence-corrected chi connectivity index (χ0v) is 31.7. The van der Waals surface area contributed by atoms with E-state index in [-0.39, 0.29) is 10.8 Å². The Morgan fingerprint density at radius 2 is 0.636 bits per heavy atom. The minimum Gasteiger partial charge on any atom is -0.310 e. The molecule has 11 rings (SSSR count). The summed E-state index contributed by atoms with van der Waals surface area (Å²) in [6, 6.07) is 66.0. The summed E-state index contributed by atoms with van der Waals surface area (Å²) < 4.78 is 0. The Bertz CT molecular complexity index is 2720. The monoisotopic (exact) mass is 703 g/mol. The second-order valence-electron chi connectivity index (χ2n) is 16.5. The standard InChI is InChI=1S/C54H41N/c1-53(2)47-25-12-9-20-40(47)42-30-28-34(32-49(42)53)55(35-29-31-43-41-21-10-13-26-48(41)54(3,4)50(43)33-35)51-27-14-11-22-46(51)52-44-23-15-24-45(52)39-19-8-6-17-37(39)36-16-5-7-18-38(36)44/h5-33H,1-4H3. The molecule has 1 nitrogen and oxygen atoms in total. The summed E-state index contributed by atoms with van der Waals surface area (Å²) in [5.74, 6) is 0. The van der Waals surface area contributed by atoms with Crippen LogP contribution in [0, 0.1) is 0 Å². The van der Waals surface area contributed by atoms with E-state index in [4.69, 9.17) is 0 Å². The van der Waals surface area contributed by atoms with Crippen molar-refractivity contribution in [3.63, 3.8) is 0 Å². The average molecular weight is 704 g/mol. The van der Waals surface area contributed by atoms with Crippen molar-refractivity contribution in [2.24, 2.45) is 0 Å². The van der Waals surface area contributed by atoms with Crippen molar-refractivity contribution in [1.29, 1.82) is 0 Å². The number of benzene rings is 8. The highest BCUT2D eigenvalue weighted by molar-refractivity contribution is 6.08. The first-order valence-corrected chi connectivity index (χ1v) is 19.5. The molecule has 8 aromatic rings. The summed E-state index contributed by atoms with van der Waals surface area (Å²) >= 11 is 0. The third-order valence-corrected chi connectivity index (χ3v) is 12.9. The summed E-state index contributed by atoms with van der Waals surface area (Å²) in [5, 5.41) is 0. The number of hydrogen-bond donors (Lipinski definition) is 0. The van der Waals surface area contributed by atoms with Gasteiger partial charge in [0.25, 0.3) is 0 Å². The van der Waals surface area contributed by atoms with E-state index in [0.717, 1.165) is 17.1 Å². The maximum Gasteiger partial charge on any atom is 0.0540 e. The normalized spacial score (nSPS) is 14.5. The highest BCUT2D eigenvalue weighted by Crippen LogP contribution is 2.56. The molecule has 8 aromatic carbocycles. The van der Waals surface area contributed by atoms with Crippen molar-refractivity contribution in [3.05, 3.63) is 198 Å². The molecule has 0 aliphatic heterocycles. The van der Waals surface area contributed by atoms with Crippen LogP contribution in [-0.4, -0.2) is 0 Å². The summed E-state index contributed by atoms with van der Waals surface area (Å²) in [4.78, 5) is 2.53. The van der Waals surface area contributed by atoms with E-state index in [1.54, 1.807) is 0 Å². The molecule has 0 atom stereocenters. The number of para-hydroxylation sites is 1. The molecule has 0 saturated carbocycles. The molecule has 0 radical (unpaired) electrons. The van der Waals surface area contributed by atoms with Gasteiger partial charge in [0.15, 0.2) is 0 Å². The zero-order valence-electron chi connectivity index (χ0n) is 31.7. The van der Waals surface area contributed by atoms with Gasteiger partial charge < -0.3 is 4.90 Å². The van der Waals surface area contributed by atoms with Gasteiger partial charge in [0, 0.05) is 27.8 Å². The van der Waals surface area contributed by atoms with E-state index in [9.17, 15) is 0 Å². The van der Waals surface area contributed by atoms with E-state index < -0.39 is 0 Å². The maximum atomic E-state index is 2.53. The van der Waals surface area contributed by atoms with Crippen LogP contribution in [-0.2, 0) is 10.8 Å². The fourth-order valence-corrected chi connectivity index (χ4v) is 10.2. The van der Waals surface area contributed by atoms with Crippen LogP contribution in [0.3, 0.4) is 0 Å². The number of nitrogens with zero attached hydrogens (tertiary/aromatic N) is 1. The van der Waals surface area contributed by atoms with E-state index >= 15 is 0 Å². The third-order valence-electron chi connectivity index (χ3n) is 12.9. The molecule has 0 unspecified atom stereocenters. The fourth-order valence-electron chi connectivity index (χ4n) is 10.2. The number of hydrogen-bond acceptors (Lipinski definition) is 1. The maximum absolute atomic E-state index is 2.53. The first kappa shape index (κ1) is 32.0. The SMILES string of the molecule is CC1(C)c2ccccc2-c2ccc(N(c3ccc4c(c3)C(C)(C)c3ccccc3-4)c3ccccc3-c3c4cccc3-c3ccccc3-c3ccccc3-4)cc21. The summed E-state index contributed by atoms with van der Waals surface area (Å²) in [5.41, 5.74) is 24.2. The minimum absolute atomic E-state index is 0.124. The molecule has 0 saturated heterocycles. The second-order valence-corrected chi connectivity index (χ2v) is 16.5. The van der Waals surface area contributed by atoms with Crippen LogP contribution in [0.1, 0.15) is 49.9 Å². The lowest BCUT2D eigenvalue weighted by Gasteiger charge is -2.31. The van der Waals surface area contributed by atoms with Crippen molar-refractivity contribution in [1.82, 2.24) is 0 Å². The Kier molecular flexibility index (Phi) is 6.72. The molecule has 55 heavy (non-hydrogen) atoms. The third kappa shape index (κ3) is 4.47. The molecule has 1 heteroatoms. The van der Waals surface area contributed by atoms with Crippen LogP contribution in [0.15, 0.2) is 176 Å². The molecule has 0 heterocycles. The van der Waals surface area contributed by atoms with Crippen molar-refractivity contribution in [3.8, 4) is 66.8 Å². The van der Waals surface area contributed by atoms with Crippen LogP contribution in [0.5, 0.6) is 0 Å². The Hall–Kier alpha value is -6.44. The highest BCUT2D eigenvalue weighted by Gasteiger charge is 2.38. The lowest BCUT2D eigenvalue weighted by atomic mass is 9.82. The lowest BCUT2D eigenvalue weighted by Crippen LogP contribution is -2.18. The number of anilines is 3. The van der Waals surface area contributed by atoms with Gasteiger partial charge in [-0.05, 0) is 114 Å². The fraction of sp³-hybridized carbons (Fsp3) is 0.111. The predicted octanol–water partition coefficient (Wildman–Crippen LogP) is 14.8. The van der Waals surface area contributed by atoms with Gasteiger partial charge in [0.05, 0.1) is 5.69 Å². The molecule has 2 bridgehead atoms. The molecule has 0 spiro atoms. The van der Waals surface area contributed by atoms with Gasteiger partial charge in [0.2, 0.25) is 0 Å². The predicted molar refractivity (Wildman–Crippen MR) is 232 cm³/mol. The first-order chi connectivity index (χ1) is 26.8. The van der Waals surface area contributed by atoms with Crippen LogP contribution >= 0.6 is 0 Å². The largest absolute Gasteiger partial charge is 0.310 e. The topological polar surface area (TPSA) is 3.24 Å². The number of rotatable bonds is 4. The van der Waals surface area contributed by atoms with E-state index in [0.29, 0.717) is 0 Å². The molecule has 262 valence electrons. The summed E-state index contributed by atoms with van der Waals surface area (Å²) in [6.07, 6.45) is 0. The molecule has 0 fully saturated rings. The van der Waals surface area contributed by atoms with E-state index in [2.05, 4.69) is 209 Å². The van der Waals surface area contributed by atoms with Gasteiger partial charge in [-0.1, -0.05) is 173 Å². The van der Waals surface area contributed by atoms with Crippen LogP contribution in [0.2, 0.25) is 0 Å². The van der Waals surface area contributed by atoms with E-state index in [1.807, 2.05) is 0 Å². The van der Waals surface area contributed by atoms with E-state index in [1.165, 1.54) is 89.0 Å². The Labute approximate surface area is 324 Å². The molecule has 0 aromatic heterocycles. The Morgan fingerprint density at radius 3 is 1.11 bits per heavy atom. The molecular weight excluding hydrogens is 663 g/mol. The smallest absolute Gasteiger partial charge is 0.0540 e. The number of fused-ring (bicyclic) bond motifs is 13. The van der Waals surface area contributed by atoms with Crippen molar-refractivity contribution in [2.45, 2.75) is 38.5 Å². The van der Waals surface area contributed by atoms with Gasteiger partial charge in [-0.15, -0.1) is 0 Å². The minimum atomic E-state index is -0.124. The van der Waals surface area contributed by atoms with Crippen molar-refractivity contribution >= 4 is 17.1 Å². The highest BCUT2D eigenvalue weighted by atomic mass is 15.1. The van der Waals surface area contributed by atoms with Gasteiger partial charge in [0.1, 0.15) is 0 Å². The average Bonchev–Trinajstić information content (AvgIpc) is 3.57. The van der Waals surface area contributed by atoms with Crippen molar-refractivity contribution < 1.29 is 0 Å². The van der Waals surface area contributed by atoms with Crippen LogP contribution in [0.25, 0.3) is 66.8 Å². The Balaban J connectivity index is 1.19. The quantitative estimate of drug-likeness (QED) is 0.176. The summed E-state index contributed by atoms with van der Waals surface area (Å²) in [6.45, 7) is 9.51. The van der Waals surface area contributed by atoms with Gasteiger partial charge in [-0.3, -0.25) is 0 Å². The van der Waals surface area contributed by atoms with Gasteiger partial charge in [-0.2, -0.15) is 0 Å². The molecular formula is C54H41N. The van der Waals surface area contributed by atoms with Crippen LogP contribution < -0.4 is 4.90 Å². The lowest BCUT2D eigenvalue weighted by molar-refractivity contribution is 0.660.